The van der Waals surface area contributed by atoms with Crippen LogP contribution in [0.1, 0.15) is 24.0 Å². The first-order valence-electron chi connectivity index (χ1n) is 9.06. The van der Waals surface area contributed by atoms with Crippen LogP contribution in [0, 0.1) is 12.8 Å². The van der Waals surface area contributed by atoms with Crippen molar-refractivity contribution in [2.75, 3.05) is 26.2 Å². The zero-order valence-electron chi connectivity index (χ0n) is 14.9. The molecule has 1 N–H and O–H groups in total. The zero-order valence-corrected chi connectivity index (χ0v) is 14.9. The van der Waals surface area contributed by atoms with Gasteiger partial charge in [-0.2, -0.15) is 5.10 Å². The summed E-state index contributed by atoms with van der Waals surface area (Å²) in [6.45, 7) is 6.12. The van der Waals surface area contributed by atoms with Crippen LogP contribution >= 0.6 is 0 Å². The third kappa shape index (κ3) is 5.39. The van der Waals surface area contributed by atoms with Gasteiger partial charge in [0.05, 0.1) is 6.54 Å². The zero-order chi connectivity index (χ0) is 17.5. The summed E-state index contributed by atoms with van der Waals surface area (Å²) >= 11 is 0. The molecule has 1 atom stereocenters. The van der Waals surface area contributed by atoms with E-state index in [-0.39, 0.29) is 5.91 Å². The fourth-order valence-electron chi connectivity index (χ4n) is 3.52. The van der Waals surface area contributed by atoms with Gasteiger partial charge in [0, 0.05) is 19.6 Å². The number of nitrogens with one attached hydrogen (secondary N) is 1. The molecular formula is C19H27N5O. The lowest BCUT2D eigenvalue weighted by Gasteiger charge is -2.32. The van der Waals surface area contributed by atoms with Crippen molar-refractivity contribution in [3.8, 4) is 0 Å². The monoisotopic (exact) mass is 341 g/mol. The van der Waals surface area contributed by atoms with Crippen molar-refractivity contribution >= 4 is 5.91 Å². The number of carbonyl (C=O) groups is 1. The van der Waals surface area contributed by atoms with Crippen LogP contribution < -0.4 is 5.32 Å². The topological polar surface area (TPSA) is 63.1 Å². The molecule has 0 aliphatic carbocycles. The number of benzene rings is 1. The Morgan fingerprint density at radius 2 is 2.24 bits per heavy atom. The van der Waals surface area contributed by atoms with Crippen LogP contribution in [0.25, 0.3) is 0 Å². The van der Waals surface area contributed by atoms with Crippen molar-refractivity contribution in [2.45, 2.75) is 32.7 Å². The smallest absolute Gasteiger partial charge is 0.234 e. The number of likely N-dealkylation sites (tertiary alicyclic amines) is 1. The minimum absolute atomic E-state index is 0.120. The lowest BCUT2D eigenvalue weighted by molar-refractivity contribution is -0.122. The van der Waals surface area contributed by atoms with E-state index in [1.54, 1.807) is 12.7 Å². The second kappa shape index (κ2) is 8.76. The van der Waals surface area contributed by atoms with Gasteiger partial charge >= 0.3 is 0 Å². The summed E-state index contributed by atoms with van der Waals surface area (Å²) in [6.07, 6.45) is 6.54. The number of nitrogens with zero attached hydrogens (tertiary/aromatic N) is 4. The lowest BCUT2D eigenvalue weighted by atomic mass is 9.98. The molecule has 1 aliphatic heterocycles. The molecule has 6 heteroatoms. The first-order valence-corrected chi connectivity index (χ1v) is 9.06. The highest BCUT2D eigenvalue weighted by atomic mass is 16.2. The van der Waals surface area contributed by atoms with E-state index < -0.39 is 0 Å². The Morgan fingerprint density at radius 1 is 1.36 bits per heavy atom. The summed E-state index contributed by atoms with van der Waals surface area (Å²) in [6, 6.07) is 8.33. The Morgan fingerprint density at radius 3 is 3.04 bits per heavy atom. The van der Waals surface area contributed by atoms with Gasteiger partial charge in [0.2, 0.25) is 5.91 Å². The van der Waals surface area contributed by atoms with Gasteiger partial charge in [0.15, 0.2) is 0 Å². The molecule has 0 radical (unpaired) electrons. The van der Waals surface area contributed by atoms with Gasteiger partial charge in [-0.25, -0.2) is 4.98 Å². The van der Waals surface area contributed by atoms with Gasteiger partial charge in [0.25, 0.3) is 0 Å². The second-order valence-electron chi connectivity index (χ2n) is 6.89. The number of hydrogen-bond acceptors (Lipinski definition) is 4. The second-order valence-corrected chi connectivity index (χ2v) is 6.89. The van der Waals surface area contributed by atoms with E-state index in [9.17, 15) is 4.79 Å². The maximum absolute atomic E-state index is 12.2. The molecule has 1 saturated heterocycles. The standard InChI is InChI=1S/C19H27N5O/c1-16-5-2-3-7-18(16)8-9-21-19(25)13-23-10-4-6-17(11-23)12-24-15-20-14-22-24/h2-3,5,7,14-15,17H,4,6,8-13H2,1H3,(H,21,25)/t17-/m0/s1. The highest BCUT2D eigenvalue weighted by Gasteiger charge is 2.22. The molecule has 134 valence electrons. The molecule has 6 nitrogen and oxygen atoms in total. The molecule has 0 unspecified atom stereocenters. The lowest BCUT2D eigenvalue weighted by Crippen LogP contribution is -2.43. The Hall–Kier alpha value is -2.21. The maximum atomic E-state index is 12.2. The molecule has 25 heavy (non-hydrogen) atoms. The van der Waals surface area contributed by atoms with Crippen LogP contribution in [0.4, 0.5) is 0 Å². The summed E-state index contributed by atoms with van der Waals surface area (Å²) in [5.41, 5.74) is 2.58. The van der Waals surface area contributed by atoms with E-state index >= 15 is 0 Å². The number of carbonyl (C=O) groups excluding carboxylic acids is 1. The Labute approximate surface area is 149 Å². The number of piperidine rings is 1. The molecule has 1 amide bonds. The highest BCUT2D eigenvalue weighted by Crippen LogP contribution is 2.17. The van der Waals surface area contributed by atoms with E-state index in [4.69, 9.17) is 0 Å². The van der Waals surface area contributed by atoms with Crippen molar-refractivity contribution < 1.29 is 4.79 Å². The number of aromatic nitrogens is 3. The molecule has 1 aliphatic rings. The normalized spacial score (nSPS) is 18.2. The molecule has 1 fully saturated rings. The predicted molar refractivity (Wildman–Crippen MR) is 97.1 cm³/mol. The van der Waals surface area contributed by atoms with Crippen LogP contribution in [-0.2, 0) is 17.8 Å². The SMILES string of the molecule is Cc1ccccc1CCNC(=O)CN1CCC[C@H](Cn2cncn2)C1. The van der Waals surface area contributed by atoms with Crippen molar-refractivity contribution in [1.29, 1.82) is 0 Å². The van der Waals surface area contributed by atoms with Crippen LogP contribution in [0.15, 0.2) is 36.9 Å². The first-order chi connectivity index (χ1) is 12.2. The minimum Gasteiger partial charge on any atom is -0.355 e. The van der Waals surface area contributed by atoms with Crippen molar-refractivity contribution in [3.05, 3.63) is 48.0 Å². The van der Waals surface area contributed by atoms with Gasteiger partial charge in [0.1, 0.15) is 12.7 Å². The van der Waals surface area contributed by atoms with Crippen molar-refractivity contribution in [1.82, 2.24) is 25.0 Å². The highest BCUT2D eigenvalue weighted by molar-refractivity contribution is 5.78. The Balaban J connectivity index is 1.39. The number of amides is 1. The molecule has 0 saturated carbocycles. The third-order valence-corrected chi connectivity index (χ3v) is 4.86. The number of aryl methyl sites for hydroxylation is 1. The average molecular weight is 341 g/mol. The molecule has 2 aromatic rings. The molecule has 1 aromatic heterocycles. The Bertz CT molecular complexity index is 670. The minimum atomic E-state index is 0.120. The summed E-state index contributed by atoms with van der Waals surface area (Å²) in [4.78, 5) is 18.5. The van der Waals surface area contributed by atoms with E-state index in [1.165, 1.54) is 17.5 Å². The molecule has 0 spiro atoms. The average Bonchev–Trinajstić information content (AvgIpc) is 3.10. The number of rotatable bonds is 7. The van der Waals surface area contributed by atoms with Crippen molar-refractivity contribution in [2.24, 2.45) is 5.92 Å². The molecular weight excluding hydrogens is 314 g/mol. The van der Waals surface area contributed by atoms with E-state index in [0.717, 1.165) is 32.5 Å². The van der Waals surface area contributed by atoms with Gasteiger partial charge in [-0.15, -0.1) is 0 Å². The van der Waals surface area contributed by atoms with E-state index in [1.807, 2.05) is 16.8 Å². The summed E-state index contributed by atoms with van der Waals surface area (Å²) < 4.78 is 1.89. The van der Waals surface area contributed by atoms with Crippen LogP contribution in [0.5, 0.6) is 0 Å². The summed E-state index contributed by atoms with van der Waals surface area (Å²) in [5.74, 6) is 0.658. The fourth-order valence-corrected chi connectivity index (χ4v) is 3.52. The molecule has 1 aromatic carbocycles. The summed E-state index contributed by atoms with van der Waals surface area (Å²) in [7, 11) is 0. The Kier molecular flexibility index (Phi) is 6.17. The maximum Gasteiger partial charge on any atom is 0.234 e. The van der Waals surface area contributed by atoms with Crippen LogP contribution in [0.2, 0.25) is 0 Å². The van der Waals surface area contributed by atoms with Crippen LogP contribution in [-0.4, -0.2) is 51.8 Å². The van der Waals surface area contributed by atoms with Gasteiger partial charge < -0.3 is 5.32 Å². The largest absolute Gasteiger partial charge is 0.355 e. The predicted octanol–water partition coefficient (Wildman–Crippen LogP) is 1.66. The van der Waals surface area contributed by atoms with E-state index in [0.29, 0.717) is 19.0 Å². The van der Waals surface area contributed by atoms with Gasteiger partial charge in [-0.1, -0.05) is 24.3 Å². The summed E-state index contributed by atoms with van der Waals surface area (Å²) in [5, 5.41) is 7.24. The van der Waals surface area contributed by atoms with Crippen LogP contribution in [0.3, 0.4) is 0 Å². The fraction of sp³-hybridized carbons (Fsp3) is 0.526. The van der Waals surface area contributed by atoms with Gasteiger partial charge in [-0.05, 0) is 49.8 Å². The molecule has 2 heterocycles. The van der Waals surface area contributed by atoms with E-state index in [2.05, 4.69) is 39.4 Å². The van der Waals surface area contributed by atoms with Gasteiger partial charge in [-0.3, -0.25) is 14.4 Å². The van der Waals surface area contributed by atoms with Crippen molar-refractivity contribution in [3.63, 3.8) is 0 Å². The molecule has 0 bridgehead atoms. The quantitative estimate of drug-likeness (QED) is 0.832. The third-order valence-electron chi connectivity index (χ3n) is 4.86. The number of hydrogen-bond donors (Lipinski definition) is 1. The first kappa shape index (κ1) is 17.6. The molecule has 3 rings (SSSR count).